The number of hydrogen-bond donors (Lipinski definition) is 0. The molecule has 0 aromatic carbocycles. The summed E-state index contributed by atoms with van der Waals surface area (Å²) in [6.07, 6.45) is 7.03. The summed E-state index contributed by atoms with van der Waals surface area (Å²) in [5.41, 5.74) is 0. The zero-order valence-corrected chi connectivity index (χ0v) is 11.0. The van der Waals surface area contributed by atoms with Crippen molar-refractivity contribution in [2.45, 2.75) is 63.3 Å². The van der Waals surface area contributed by atoms with Gasteiger partial charge >= 0.3 is 0 Å². The van der Waals surface area contributed by atoms with E-state index in [9.17, 15) is 4.39 Å². The van der Waals surface area contributed by atoms with Crippen molar-refractivity contribution in [3.63, 3.8) is 0 Å². The van der Waals surface area contributed by atoms with Gasteiger partial charge < -0.3 is 9.47 Å². The van der Waals surface area contributed by atoms with E-state index in [4.69, 9.17) is 9.47 Å². The summed E-state index contributed by atoms with van der Waals surface area (Å²) in [5, 5.41) is 0. The molecule has 0 aromatic heterocycles. The van der Waals surface area contributed by atoms with Crippen LogP contribution in [0.5, 0.6) is 0 Å². The van der Waals surface area contributed by atoms with Gasteiger partial charge in [-0.3, -0.25) is 0 Å². The molecule has 17 heavy (non-hydrogen) atoms. The predicted octanol–water partition coefficient (Wildman–Crippen LogP) is 3.34. The second-order valence-corrected chi connectivity index (χ2v) is 5.64. The Hall–Kier alpha value is -0.150. The normalized spacial score (nSPS) is 43.6. The lowest BCUT2D eigenvalue weighted by atomic mass is 9.72. The largest absolute Gasteiger partial charge is 0.381 e. The smallest absolute Gasteiger partial charge is 0.126 e. The Morgan fingerprint density at radius 1 is 0.824 bits per heavy atom. The van der Waals surface area contributed by atoms with Gasteiger partial charge in [-0.2, -0.15) is 0 Å². The van der Waals surface area contributed by atoms with Gasteiger partial charge in [0.05, 0.1) is 12.2 Å². The van der Waals surface area contributed by atoms with E-state index in [0.29, 0.717) is 18.4 Å². The van der Waals surface area contributed by atoms with Crippen LogP contribution in [0, 0.1) is 11.8 Å². The van der Waals surface area contributed by atoms with E-state index in [1.165, 1.54) is 12.8 Å². The number of halogens is 1. The molecule has 0 amide bonds. The highest BCUT2D eigenvalue weighted by Gasteiger charge is 2.35. The van der Waals surface area contributed by atoms with Gasteiger partial charge in [0.15, 0.2) is 0 Å². The average Bonchev–Trinajstić information content (AvgIpc) is 2.39. The molecule has 3 unspecified atom stereocenters. The van der Waals surface area contributed by atoms with Crippen LogP contribution in [0.3, 0.4) is 0 Å². The molecule has 100 valence electrons. The number of rotatable bonds is 3. The Balaban J connectivity index is 1.80. The van der Waals surface area contributed by atoms with E-state index in [-0.39, 0.29) is 6.10 Å². The second-order valence-electron chi connectivity index (χ2n) is 5.64. The molecule has 0 bridgehead atoms. The summed E-state index contributed by atoms with van der Waals surface area (Å²) < 4.78 is 24.4. The van der Waals surface area contributed by atoms with Gasteiger partial charge in [0.1, 0.15) is 6.17 Å². The predicted molar refractivity (Wildman–Crippen MR) is 65.8 cm³/mol. The van der Waals surface area contributed by atoms with Crippen molar-refractivity contribution in [1.29, 1.82) is 0 Å². The fourth-order valence-corrected chi connectivity index (χ4v) is 3.61. The maximum Gasteiger partial charge on any atom is 0.126 e. The average molecular weight is 244 g/mol. The van der Waals surface area contributed by atoms with E-state index < -0.39 is 6.17 Å². The van der Waals surface area contributed by atoms with Crippen LogP contribution in [0.1, 0.15) is 44.9 Å². The van der Waals surface area contributed by atoms with Crippen LogP contribution in [0.2, 0.25) is 0 Å². The molecule has 3 atom stereocenters. The molecule has 2 aliphatic rings. The lowest BCUT2D eigenvalue weighted by Gasteiger charge is -2.38. The molecular formula is C14H25FO2. The van der Waals surface area contributed by atoms with Crippen LogP contribution >= 0.6 is 0 Å². The molecule has 0 N–H and O–H groups in total. The van der Waals surface area contributed by atoms with Crippen molar-refractivity contribution >= 4 is 0 Å². The van der Waals surface area contributed by atoms with Crippen LogP contribution in [0.25, 0.3) is 0 Å². The number of hydrogen-bond acceptors (Lipinski definition) is 2. The molecule has 0 aromatic rings. The van der Waals surface area contributed by atoms with Gasteiger partial charge in [-0.25, -0.2) is 4.39 Å². The van der Waals surface area contributed by atoms with Crippen molar-refractivity contribution in [1.82, 2.24) is 0 Å². The standard InChI is InChI=1S/C14H25FO2/c1-16-12-6-3-10(4-7-12)11-5-8-14(17-2)13(15)9-11/h10-14H,3-9H2,1-2H3. The van der Waals surface area contributed by atoms with Gasteiger partial charge in [0.25, 0.3) is 0 Å². The van der Waals surface area contributed by atoms with Crippen molar-refractivity contribution in [2.75, 3.05) is 14.2 Å². The highest BCUT2D eigenvalue weighted by atomic mass is 19.1. The van der Waals surface area contributed by atoms with Crippen molar-refractivity contribution in [3.8, 4) is 0 Å². The first-order valence-electron chi connectivity index (χ1n) is 6.94. The molecule has 0 radical (unpaired) electrons. The SMILES string of the molecule is COC1CCC(C2CCC(OC)C(F)C2)CC1. The van der Waals surface area contributed by atoms with Gasteiger partial charge in [0.2, 0.25) is 0 Å². The Bertz CT molecular complexity index is 226. The maximum absolute atomic E-state index is 13.8. The van der Waals surface area contributed by atoms with Crippen LogP contribution in [-0.4, -0.2) is 32.6 Å². The molecule has 2 aliphatic carbocycles. The minimum absolute atomic E-state index is 0.151. The molecule has 2 rings (SSSR count). The third-order valence-electron chi connectivity index (χ3n) is 4.77. The van der Waals surface area contributed by atoms with Crippen LogP contribution in [0.15, 0.2) is 0 Å². The number of alkyl halides is 1. The Kier molecular flexibility index (Phi) is 4.80. The molecule has 0 heterocycles. The summed E-state index contributed by atoms with van der Waals surface area (Å²) >= 11 is 0. The topological polar surface area (TPSA) is 18.5 Å². The van der Waals surface area contributed by atoms with Crippen molar-refractivity contribution in [3.05, 3.63) is 0 Å². The number of ether oxygens (including phenoxy) is 2. The van der Waals surface area contributed by atoms with E-state index >= 15 is 0 Å². The first-order valence-corrected chi connectivity index (χ1v) is 6.94. The fraction of sp³-hybridized carbons (Fsp3) is 1.00. The van der Waals surface area contributed by atoms with E-state index in [1.807, 2.05) is 0 Å². The maximum atomic E-state index is 13.8. The zero-order chi connectivity index (χ0) is 12.3. The highest BCUT2D eigenvalue weighted by Crippen LogP contribution is 2.40. The van der Waals surface area contributed by atoms with E-state index in [1.54, 1.807) is 14.2 Å². The minimum Gasteiger partial charge on any atom is -0.381 e. The van der Waals surface area contributed by atoms with Crippen LogP contribution in [-0.2, 0) is 9.47 Å². The minimum atomic E-state index is -0.751. The molecule has 3 heteroatoms. The number of methoxy groups -OCH3 is 2. The lowest BCUT2D eigenvalue weighted by molar-refractivity contribution is -0.0277. The van der Waals surface area contributed by atoms with E-state index in [2.05, 4.69) is 0 Å². The second kappa shape index (κ2) is 6.14. The summed E-state index contributed by atoms with van der Waals surface area (Å²) in [7, 11) is 3.42. The highest BCUT2D eigenvalue weighted by molar-refractivity contribution is 4.86. The third-order valence-corrected chi connectivity index (χ3v) is 4.77. The molecule has 2 fully saturated rings. The van der Waals surface area contributed by atoms with Crippen LogP contribution < -0.4 is 0 Å². The molecule has 2 nitrogen and oxygen atoms in total. The van der Waals surface area contributed by atoms with Gasteiger partial charge in [-0.1, -0.05) is 0 Å². The van der Waals surface area contributed by atoms with Crippen molar-refractivity contribution in [2.24, 2.45) is 11.8 Å². The molecule has 0 spiro atoms. The first kappa shape index (κ1) is 13.3. The molecule has 0 saturated heterocycles. The monoisotopic (exact) mass is 244 g/mol. The van der Waals surface area contributed by atoms with Crippen molar-refractivity contribution < 1.29 is 13.9 Å². The Morgan fingerprint density at radius 3 is 2.00 bits per heavy atom. The summed E-state index contributed by atoms with van der Waals surface area (Å²) in [6.45, 7) is 0. The summed E-state index contributed by atoms with van der Waals surface area (Å²) in [5.74, 6) is 1.30. The van der Waals surface area contributed by atoms with Gasteiger partial charge in [0, 0.05) is 14.2 Å². The summed E-state index contributed by atoms with van der Waals surface area (Å²) in [4.78, 5) is 0. The van der Waals surface area contributed by atoms with Gasteiger partial charge in [-0.15, -0.1) is 0 Å². The Labute approximate surface area is 104 Å². The zero-order valence-electron chi connectivity index (χ0n) is 11.0. The van der Waals surface area contributed by atoms with Gasteiger partial charge in [-0.05, 0) is 56.8 Å². The quantitative estimate of drug-likeness (QED) is 0.758. The third kappa shape index (κ3) is 3.19. The first-order chi connectivity index (χ1) is 8.24. The Morgan fingerprint density at radius 2 is 1.47 bits per heavy atom. The summed E-state index contributed by atoms with van der Waals surface area (Å²) in [6, 6.07) is 0. The molecule has 0 aliphatic heterocycles. The van der Waals surface area contributed by atoms with Crippen LogP contribution in [0.4, 0.5) is 4.39 Å². The lowest BCUT2D eigenvalue weighted by Crippen LogP contribution is -2.36. The molecule has 2 saturated carbocycles. The molecular weight excluding hydrogens is 219 g/mol. The fourth-order valence-electron chi connectivity index (χ4n) is 3.61. The van der Waals surface area contributed by atoms with E-state index in [0.717, 1.165) is 31.6 Å².